The second-order valence-corrected chi connectivity index (χ2v) is 1.76. The molecule has 0 fully saturated rings. The lowest BCUT2D eigenvalue weighted by Gasteiger charge is -2.03. The molecule has 70 valence electrons. The predicted octanol–water partition coefficient (Wildman–Crippen LogP) is -0.385. The second kappa shape index (κ2) is 6.44. The first-order chi connectivity index (χ1) is 5.04. The molecule has 0 radical (unpaired) electrons. The molecule has 7 heteroatoms. The molecule has 2 amide bonds. The number of hydrazine groups is 1. The molecule has 0 aliphatic heterocycles. The van der Waals surface area contributed by atoms with Crippen LogP contribution in [0.4, 0.5) is 4.79 Å². The van der Waals surface area contributed by atoms with Crippen LogP contribution >= 0.6 is 12.4 Å². The molecule has 0 saturated carbocycles. The smallest absolute Gasteiger partial charge is 0.350 e. The summed E-state index contributed by atoms with van der Waals surface area (Å²) in [6, 6.07) is -0.848. The van der Waals surface area contributed by atoms with Crippen molar-refractivity contribution in [1.82, 2.24) is 11.0 Å². The van der Waals surface area contributed by atoms with Crippen LogP contribution < -0.4 is 16.7 Å². The number of nitrogens with two attached hydrogens (primary N) is 1. The van der Waals surface area contributed by atoms with Crippen LogP contribution in [-0.2, 0) is 9.63 Å². The van der Waals surface area contributed by atoms with Crippen molar-refractivity contribution in [2.24, 2.45) is 5.73 Å². The van der Waals surface area contributed by atoms with Gasteiger partial charge in [-0.25, -0.2) is 15.0 Å². The number of nitrogens with one attached hydrogen (secondary N) is 2. The van der Waals surface area contributed by atoms with Gasteiger partial charge in [-0.15, -0.1) is 12.4 Å². The highest BCUT2D eigenvalue weighted by atomic mass is 35.5. The molecule has 0 saturated heterocycles. The quantitative estimate of drug-likeness (QED) is 0.423. The van der Waals surface area contributed by atoms with E-state index in [9.17, 15) is 9.59 Å². The molecule has 0 bridgehead atoms. The Balaban J connectivity index is 0. The van der Waals surface area contributed by atoms with Crippen molar-refractivity contribution in [3.8, 4) is 0 Å². The Morgan fingerprint density at radius 1 is 1.50 bits per heavy atom. The number of amides is 2. The van der Waals surface area contributed by atoms with Gasteiger partial charge in [0.2, 0.25) is 0 Å². The van der Waals surface area contributed by atoms with Gasteiger partial charge in [0, 0.05) is 5.57 Å². The maximum absolute atomic E-state index is 10.5. The minimum absolute atomic E-state index is 0. The molecule has 0 rings (SSSR count). The normalized spacial score (nSPS) is 7.75. The summed E-state index contributed by atoms with van der Waals surface area (Å²) in [7, 11) is 0. The van der Waals surface area contributed by atoms with Crippen molar-refractivity contribution in [3.05, 3.63) is 12.2 Å². The number of rotatable bonds is 3. The fraction of sp³-hybridized carbons (Fsp3) is 0.200. The number of halogens is 1. The third-order valence-electron chi connectivity index (χ3n) is 0.666. The monoisotopic (exact) mass is 195 g/mol. The third kappa shape index (κ3) is 6.84. The Morgan fingerprint density at radius 3 is 2.33 bits per heavy atom. The van der Waals surface area contributed by atoms with Gasteiger partial charge in [0.15, 0.2) is 0 Å². The van der Waals surface area contributed by atoms with E-state index in [1.807, 2.05) is 11.0 Å². The van der Waals surface area contributed by atoms with Gasteiger partial charge in [0.25, 0.3) is 0 Å². The number of carbonyl (C=O) groups excluding carboxylic acids is 2. The van der Waals surface area contributed by atoms with E-state index < -0.39 is 12.0 Å². The maximum Gasteiger partial charge on any atom is 0.353 e. The second-order valence-electron chi connectivity index (χ2n) is 1.76. The van der Waals surface area contributed by atoms with Gasteiger partial charge in [-0.2, -0.15) is 0 Å². The average Bonchev–Trinajstić information content (AvgIpc) is 1.86. The summed E-state index contributed by atoms with van der Waals surface area (Å²) in [6.45, 7) is 4.76. The van der Waals surface area contributed by atoms with Gasteiger partial charge < -0.3 is 10.6 Å². The lowest BCUT2D eigenvalue weighted by molar-refractivity contribution is -0.147. The summed E-state index contributed by atoms with van der Waals surface area (Å²) in [6.07, 6.45) is 0. The molecule has 0 atom stereocenters. The molecule has 0 aliphatic rings. The minimum atomic E-state index is -0.848. The van der Waals surface area contributed by atoms with Crippen molar-refractivity contribution in [2.45, 2.75) is 6.92 Å². The molecule has 4 N–H and O–H groups in total. The SMILES string of the molecule is C=C(C)C(=O)ONNC(N)=O.Cl. The average molecular weight is 196 g/mol. The van der Waals surface area contributed by atoms with Crippen LogP contribution in [0.15, 0.2) is 12.2 Å². The van der Waals surface area contributed by atoms with Crippen LogP contribution in [0.3, 0.4) is 0 Å². The van der Waals surface area contributed by atoms with E-state index in [4.69, 9.17) is 0 Å². The Bertz CT molecular complexity index is 194. The molecule has 0 aromatic heterocycles. The predicted molar refractivity (Wildman–Crippen MR) is 44.0 cm³/mol. The standard InChI is InChI=1S/C5H9N3O3.ClH/c1-3(2)4(9)11-8-7-5(6)10;/h8H,1H2,2H3,(H3,6,7,10);1H. The number of hydrogen-bond acceptors (Lipinski definition) is 4. The van der Waals surface area contributed by atoms with Crippen molar-refractivity contribution in [2.75, 3.05) is 0 Å². The van der Waals surface area contributed by atoms with Crippen LogP contribution in [-0.4, -0.2) is 12.0 Å². The zero-order valence-corrected chi connectivity index (χ0v) is 7.23. The largest absolute Gasteiger partial charge is 0.353 e. The van der Waals surface area contributed by atoms with E-state index in [1.165, 1.54) is 6.92 Å². The first-order valence-corrected chi connectivity index (χ1v) is 2.71. The van der Waals surface area contributed by atoms with Crippen LogP contribution in [0, 0.1) is 0 Å². The van der Waals surface area contributed by atoms with Crippen molar-refractivity contribution < 1.29 is 14.4 Å². The van der Waals surface area contributed by atoms with Crippen LogP contribution in [0.2, 0.25) is 0 Å². The summed E-state index contributed by atoms with van der Waals surface area (Å²) in [4.78, 5) is 24.7. The van der Waals surface area contributed by atoms with Gasteiger partial charge in [0.1, 0.15) is 0 Å². The zero-order chi connectivity index (χ0) is 8.85. The van der Waals surface area contributed by atoms with E-state index in [0.29, 0.717) is 0 Å². The van der Waals surface area contributed by atoms with E-state index in [2.05, 4.69) is 17.2 Å². The number of carbonyl (C=O) groups is 2. The molecule has 0 aromatic carbocycles. The molecular weight excluding hydrogens is 186 g/mol. The van der Waals surface area contributed by atoms with Crippen molar-refractivity contribution in [3.63, 3.8) is 0 Å². The first-order valence-electron chi connectivity index (χ1n) is 2.71. The molecule has 0 unspecified atom stereocenters. The van der Waals surface area contributed by atoms with Crippen LogP contribution in [0.25, 0.3) is 0 Å². The number of urea groups is 1. The Hall–Kier alpha value is -1.27. The van der Waals surface area contributed by atoms with Gasteiger partial charge >= 0.3 is 12.0 Å². The molecular formula is C5H10ClN3O3. The fourth-order valence-electron chi connectivity index (χ4n) is 0.209. The van der Waals surface area contributed by atoms with E-state index in [-0.39, 0.29) is 18.0 Å². The minimum Gasteiger partial charge on any atom is -0.350 e. The molecule has 0 aliphatic carbocycles. The highest BCUT2D eigenvalue weighted by molar-refractivity contribution is 5.86. The van der Waals surface area contributed by atoms with Gasteiger partial charge in [0.05, 0.1) is 0 Å². The number of primary amides is 1. The van der Waals surface area contributed by atoms with Gasteiger partial charge in [-0.1, -0.05) is 12.2 Å². The number of hydrogen-bond donors (Lipinski definition) is 3. The topological polar surface area (TPSA) is 93.4 Å². The lowest BCUT2D eigenvalue weighted by atomic mass is 10.4. The third-order valence-corrected chi connectivity index (χ3v) is 0.666. The summed E-state index contributed by atoms with van der Waals surface area (Å²) in [5, 5.41) is 0. The maximum atomic E-state index is 10.5. The molecule has 12 heavy (non-hydrogen) atoms. The zero-order valence-electron chi connectivity index (χ0n) is 6.42. The van der Waals surface area contributed by atoms with Crippen molar-refractivity contribution >= 4 is 24.4 Å². The summed E-state index contributed by atoms with van der Waals surface area (Å²) in [5.41, 5.74) is 8.51. The van der Waals surface area contributed by atoms with E-state index in [1.54, 1.807) is 0 Å². The highest BCUT2D eigenvalue weighted by Gasteiger charge is 2.01. The molecule has 0 aromatic rings. The van der Waals surface area contributed by atoms with E-state index in [0.717, 1.165) is 0 Å². The lowest BCUT2D eigenvalue weighted by Crippen LogP contribution is -2.42. The summed E-state index contributed by atoms with van der Waals surface area (Å²) >= 11 is 0. The summed E-state index contributed by atoms with van der Waals surface area (Å²) in [5.74, 6) is -0.668. The Kier molecular flexibility index (Phi) is 7.15. The molecule has 0 spiro atoms. The van der Waals surface area contributed by atoms with Gasteiger partial charge in [-0.3, -0.25) is 0 Å². The molecule has 0 heterocycles. The van der Waals surface area contributed by atoms with Crippen molar-refractivity contribution in [1.29, 1.82) is 0 Å². The van der Waals surface area contributed by atoms with Gasteiger partial charge in [-0.05, 0) is 6.92 Å². The Labute approximate surface area is 75.5 Å². The van der Waals surface area contributed by atoms with E-state index >= 15 is 0 Å². The van der Waals surface area contributed by atoms with Crippen LogP contribution in [0.5, 0.6) is 0 Å². The summed E-state index contributed by atoms with van der Waals surface area (Å²) < 4.78 is 0. The fourth-order valence-corrected chi connectivity index (χ4v) is 0.209. The highest BCUT2D eigenvalue weighted by Crippen LogP contribution is 1.87. The first kappa shape index (κ1) is 13.3. The molecule has 6 nitrogen and oxygen atoms in total. The Morgan fingerprint density at radius 2 is 2.00 bits per heavy atom. The van der Waals surface area contributed by atoms with Crippen LogP contribution in [0.1, 0.15) is 6.92 Å².